The number of carbonyl (C=O) groups is 1. The lowest BCUT2D eigenvalue weighted by Gasteiger charge is -2.20. The number of phenolic OH excluding ortho intramolecular Hbond substituents is 1. The summed E-state index contributed by atoms with van der Waals surface area (Å²) in [5.41, 5.74) is 1.18. The summed E-state index contributed by atoms with van der Waals surface area (Å²) in [6.45, 7) is 1.87. The number of benzene rings is 2. The third kappa shape index (κ3) is 3.72. The third-order valence-corrected chi connectivity index (χ3v) is 6.07. The predicted molar refractivity (Wildman–Crippen MR) is 118 cm³/mol. The second-order valence-corrected chi connectivity index (χ2v) is 8.57. The summed E-state index contributed by atoms with van der Waals surface area (Å²) < 4.78 is 15.2. The van der Waals surface area contributed by atoms with E-state index in [0.717, 1.165) is 18.4 Å². The average Bonchev–Trinajstić information content (AvgIpc) is 3.70. The second-order valence-electron chi connectivity index (χ2n) is 8.57. The molecular formula is C24H23FN4O3. The van der Waals surface area contributed by atoms with Crippen molar-refractivity contribution in [2.75, 3.05) is 5.32 Å². The molecule has 0 unspecified atom stereocenters. The van der Waals surface area contributed by atoms with Crippen LogP contribution in [0.2, 0.25) is 0 Å². The fraction of sp³-hybridized carbons (Fsp3) is 0.292. The van der Waals surface area contributed by atoms with Gasteiger partial charge in [-0.25, -0.2) is 9.37 Å². The minimum absolute atomic E-state index is 0.0297. The second kappa shape index (κ2) is 7.47. The van der Waals surface area contributed by atoms with Gasteiger partial charge in [-0.05, 0) is 68.5 Å². The van der Waals surface area contributed by atoms with Crippen LogP contribution in [0, 0.1) is 12.7 Å². The Hall–Kier alpha value is -3.68. The first kappa shape index (κ1) is 20.2. The molecule has 0 spiro atoms. The highest BCUT2D eigenvalue weighted by Crippen LogP contribution is 2.50. The average molecular weight is 434 g/mol. The van der Waals surface area contributed by atoms with Gasteiger partial charge in [0.2, 0.25) is 0 Å². The maximum absolute atomic E-state index is 13.8. The molecule has 2 aliphatic carbocycles. The minimum Gasteiger partial charge on any atom is -0.508 e. The zero-order chi connectivity index (χ0) is 22.5. The van der Waals surface area contributed by atoms with Crippen LogP contribution in [-0.4, -0.2) is 26.6 Å². The number of anilines is 1. The van der Waals surface area contributed by atoms with Gasteiger partial charge in [0.05, 0.1) is 11.2 Å². The summed E-state index contributed by atoms with van der Waals surface area (Å²) in [6, 6.07) is 9.27. The van der Waals surface area contributed by atoms with Gasteiger partial charge >= 0.3 is 0 Å². The fourth-order valence-corrected chi connectivity index (χ4v) is 3.90. The number of nitrogens with one attached hydrogen (secondary N) is 2. The van der Waals surface area contributed by atoms with Crippen molar-refractivity contribution in [1.29, 1.82) is 0 Å². The quantitative estimate of drug-likeness (QED) is 0.553. The first-order valence-corrected chi connectivity index (χ1v) is 10.6. The highest BCUT2D eigenvalue weighted by Gasteiger charge is 2.47. The van der Waals surface area contributed by atoms with Crippen LogP contribution in [0.25, 0.3) is 5.69 Å². The number of carbonyl (C=O) groups excluding carboxylic acids is 1. The zero-order valence-corrected chi connectivity index (χ0v) is 17.6. The van der Waals surface area contributed by atoms with Crippen molar-refractivity contribution in [3.05, 3.63) is 81.7 Å². The molecule has 2 fully saturated rings. The number of amides is 1. The van der Waals surface area contributed by atoms with E-state index in [-0.39, 0.29) is 23.5 Å². The summed E-state index contributed by atoms with van der Waals surface area (Å²) in [7, 11) is 0. The van der Waals surface area contributed by atoms with Gasteiger partial charge in [-0.3, -0.25) is 14.2 Å². The van der Waals surface area contributed by atoms with Crippen molar-refractivity contribution in [3.63, 3.8) is 0 Å². The Kier molecular flexibility index (Phi) is 4.73. The van der Waals surface area contributed by atoms with Gasteiger partial charge in [0.25, 0.3) is 11.5 Å². The van der Waals surface area contributed by atoms with Gasteiger partial charge in [-0.2, -0.15) is 0 Å². The molecule has 5 rings (SSSR count). The Morgan fingerprint density at radius 1 is 1.22 bits per heavy atom. The summed E-state index contributed by atoms with van der Waals surface area (Å²) in [5, 5.41) is 16.3. The number of phenols is 1. The number of hydrogen-bond acceptors (Lipinski definition) is 5. The number of aromatic nitrogens is 2. The van der Waals surface area contributed by atoms with E-state index in [9.17, 15) is 19.1 Å². The number of hydrogen-bond donors (Lipinski definition) is 3. The Morgan fingerprint density at radius 3 is 2.72 bits per heavy atom. The normalized spacial score (nSPS) is 16.4. The highest BCUT2D eigenvalue weighted by atomic mass is 19.1. The van der Waals surface area contributed by atoms with Crippen LogP contribution in [0.4, 0.5) is 10.2 Å². The van der Waals surface area contributed by atoms with E-state index < -0.39 is 16.9 Å². The summed E-state index contributed by atoms with van der Waals surface area (Å²) in [5.74, 6) is -0.548. The lowest BCUT2D eigenvalue weighted by atomic mass is 10.0. The van der Waals surface area contributed by atoms with Crippen LogP contribution < -0.4 is 16.2 Å². The van der Waals surface area contributed by atoms with Crippen molar-refractivity contribution in [3.8, 4) is 11.4 Å². The summed E-state index contributed by atoms with van der Waals surface area (Å²) >= 11 is 0. The first-order chi connectivity index (χ1) is 15.4. The van der Waals surface area contributed by atoms with Crippen molar-refractivity contribution < 1.29 is 14.3 Å². The molecule has 7 nitrogen and oxygen atoms in total. The molecule has 1 aromatic heterocycles. The molecule has 3 aromatic rings. The van der Waals surface area contributed by atoms with E-state index in [1.165, 1.54) is 29.0 Å². The maximum atomic E-state index is 13.8. The van der Waals surface area contributed by atoms with E-state index in [0.29, 0.717) is 29.7 Å². The van der Waals surface area contributed by atoms with Gasteiger partial charge in [-0.15, -0.1) is 0 Å². The molecule has 2 saturated carbocycles. The van der Waals surface area contributed by atoms with Crippen LogP contribution in [0.15, 0.2) is 53.6 Å². The van der Waals surface area contributed by atoms with E-state index in [2.05, 4.69) is 15.6 Å². The van der Waals surface area contributed by atoms with Crippen molar-refractivity contribution in [2.24, 2.45) is 0 Å². The molecule has 164 valence electrons. The van der Waals surface area contributed by atoms with Crippen LogP contribution in [-0.2, 0) is 5.54 Å². The Morgan fingerprint density at radius 2 is 2.00 bits per heavy atom. The molecule has 0 atom stereocenters. The maximum Gasteiger partial charge on any atom is 0.297 e. The van der Waals surface area contributed by atoms with Crippen molar-refractivity contribution in [2.45, 2.75) is 44.2 Å². The lowest BCUT2D eigenvalue weighted by molar-refractivity contribution is 0.0951. The Bertz CT molecular complexity index is 1280. The Labute approximate surface area is 183 Å². The number of halogens is 1. The van der Waals surface area contributed by atoms with Gasteiger partial charge in [0.15, 0.2) is 5.82 Å². The molecule has 32 heavy (non-hydrogen) atoms. The molecule has 0 saturated heterocycles. The first-order valence-electron chi connectivity index (χ1n) is 10.6. The van der Waals surface area contributed by atoms with Crippen molar-refractivity contribution in [1.82, 2.24) is 14.9 Å². The van der Waals surface area contributed by atoms with Gasteiger partial charge < -0.3 is 15.7 Å². The van der Waals surface area contributed by atoms with Gasteiger partial charge in [0, 0.05) is 29.6 Å². The zero-order valence-electron chi connectivity index (χ0n) is 17.6. The van der Waals surface area contributed by atoms with E-state index in [1.54, 1.807) is 18.3 Å². The molecule has 1 amide bonds. The molecular weight excluding hydrogens is 411 g/mol. The molecule has 1 heterocycles. The van der Waals surface area contributed by atoms with Gasteiger partial charge in [0.1, 0.15) is 11.6 Å². The molecule has 0 bridgehead atoms. The molecule has 8 heteroatoms. The smallest absolute Gasteiger partial charge is 0.297 e. The van der Waals surface area contributed by atoms with E-state index in [4.69, 9.17) is 0 Å². The third-order valence-electron chi connectivity index (χ3n) is 6.07. The largest absolute Gasteiger partial charge is 0.508 e. The molecule has 0 aliphatic heterocycles. The number of nitrogens with zero attached hydrogens (tertiary/aromatic N) is 2. The van der Waals surface area contributed by atoms with Crippen LogP contribution in [0.1, 0.15) is 47.2 Å². The fourth-order valence-electron chi connectivity index (χ4n) is 3.90. The lowest BCUT2D eigenvalue weighted by Crippen LogP contribution is -2.29. The molecule has 0 radical (unpaired) electrons. The molecule has 2 aromatic carbocycles. The van der Waals surface area contributed by atoms with Crippen LogP contribution in [0.5, 0.6) is 5.75 Å². The highest BCUT2D eigenvalue weighted by molar-refractivity contribution is 5.95. The number of aryl methyl sites for hydroxylation is 1. The molecule has 3 N–H and O–H groups in total. The standard InChI is InChI=1S/C24H23FN4O3/c1-14-2-3-15(22(31)27-17-5-6-17)12-19(14)29-11-10-26-21(23(29)32)28-24(8-9-24)18-13-16(25)4-7-20(18)30/h2-4,7,10-13,17,30H,5-6,8-9H2,1H3,(H,26,28)(H,27,31). The SMILES string of the molecule is Cc1ccc(C(=O)NC2CC2)cc1-n1ccnc(NC2(c3cc(F)ccc3O)CC2)c1=O. The predicted octanol–water partition coefficient (Wildman–Crippen LogP) is 3.38. The summed E-state index contributed by atoms with van der Waals surface area (Å²) in [4.78, 5) is 30.0. The molecule has 2 aliphatic rings. The Balaban J connectivity index is 1.49. The summed E-state index contributed by atoms with van der Waals surface area (Å²) in [6.07, 6.45) is 6.31. The van der Waals surface area contributed by atoms with E-state index >= 15 is 0 Å². The minimum atomic E-state index is -0.738. The van der Waals surface area contributed by atoms with Crippen molar-refractivity contribution >= 4 is 11.7 Å². The van der Waals surface area contributed by atoms with E-state index in [1.807, 2.05) is 13.0 Å². The number of aromatic hydroxyl groups is 1. The topological polar surface area (TPSA) is 96.2 Å². The number of rotatable bonds is 6. The van der Waals surface area contributed by atoms with Crippen LogP contribution >= 0.6 is 0 Å². The van der Waals surface area contributed by atoms with Crippen LogP contribution in [0.3, 0.4) is 0 Å². The van der Waals surface area contributed by atoms with Gasteiger partial charge in [-0.1, -0.05) is 6.07 Å². The monoisotopic (exact) mass is 434 g/mol.